The molecule has 2 aromatic heterocycles. The fourth-order valence-electron chi connectivity index (χ4n) is 9.08. The van der Waals surface area contributed by atoms with E-state index in [1.807, 2.05) is 0 Å². The van der Waals surface area contributed by atoms with Crippen LogP contribution in [0.15, 0.2) is 35.0 Å². The quantitative estimate of drug-likeness (QED) is 0.274. The van der Waals surface area contributed by atoms with Crippen LogP contribution in [0, 0.1) is 10.8 Å². The molecule has 7 nitrogen and oxygen atoms in total. The zero-order valence-electron chi connectivity index (χ0n) is 24.6. The molecule has 220 valence electrons. The van der Waals surface area contributed by atoms with Gasteiger partial charge in [0, 0.05) is 54.7 Å². The van der Waals surface area contributed by atoms with Gasteiger partial charge in [-0.1, -0.05) is 17.3 Å². The lowest BCUT2D eigenvalue weighted by Crippen LogP contribution is -2.65. The lowest BCUT2D eigenvalue weighted by atomic mass is 9.41. The van der Waals surface area contributed by atoms with Crippen LogP contribution in [0.3, 0.4) is 0 Å². The highest BCUT2D eigenvalue weighted by molar-refractivity contribution is 5.95. The van der Waals surface area contributed by atoms with E-state index >= 15 is 0 Å². The minimum absolute atomic E-state index is 0.00380. The Hall–Kier alpha value is -3.03. The third-order valence-corrected chi connectivity index (χ3v) is 11.9. The summed E-state index contributed by atoms with van der Waals surface area (Å²) >= 11 is 0. The number of aromatic nitrogens is 4. The first-order valence-electron chi connectivity index (χ1n) is 16.2. The molecule has 0 atom stereocenters. The summed E-state index contributed by atoms with van der Waals surface area (Å²) in [6, 6.07) is 8.40. The molecule has 0 N–H and O–H groups in total. The number of imidazole rings is 1. The van der Waals surface area contributed by atoms with Crippen LogP contribution in [0.5, 0.6) is 0 Å². The maximum absolute atomic E-state index is 14.4. The molecule has 8 saturated carbocycles. The number of hydrogen-bond donors (Lipinski definition) is 0. The van der Waals surface area contributed by atoms with Crippen LogP contribution in [0.4, 0.5) is 10.1 Å². The summed E-state index contributed by atoms with van der Waals surface area (Å²) in [6.07, 6.45) is 15.3. The number of fused-ring (bicyclic) bond motifs is 3. The summed E-state index contributed by atoms with van der Waals surface area (Å²) in [5, 5.41) is 4.33. The molecule has 0 radical (unpaired) electrons. The number of anilines is 1. The van der Waals surface area contributed by atoms with Crippen LogP contribution < -0.4 is 4.90 Å². The minimum Gasteiger partial charge on any atom is -0.339 e. The van der Waals surface area contributed by atoms with Gasteiger partial charge in [0.15, 0.2) is 5.82 Å². The third-order valence-electron chi connectivity index (χ3n) is 11.9. The highest BCUT2D eigenvalue weighted by Gasteiger charge is 2.69. The zero-order chi connectivity index (χ0) is 28.3. The van der Waals surface area contributed by atoms with Crippen molar-refractivity contribution >= 4 is 11.6 Å². The smallest absolute Gasteiger partial charge is 0.232 e. The fourth-order valence-corrected chi connectivity index (χ4v) is 9.08. The van der Waals surface area contributed by atoms with Crippen LogP contribution in [0.1, 0.15) is 119 Å². The molecular formula is C34H40FN5O2. The maximum atomic E-state index is 14.4. The molecule has 4 bridgehead atoms. The topological polar surface area (TPSA) is 77.0 Å². The van der Waals surface area contributed by atoms with Crippen molar-refractivity contribution in [1.29, 1.82) is 0 Å². The van der Waals surface area contributed by atoms with E-state index in [1.54, 1.807) is 0 Å². The molecule has 11 rings (SSSR count). The first-order valence-corrected chi connectivity index (χ1v) is 16.2. The SMILES string of the molecule is Cn1cc(-c2cccc(N(CC34CCC(c5nc(C6CC6)no5)(CC3)CC4)C(=O)CC34CC(F)(C3)C4)c2)nc1C1CC1. The Labute approximate surface area is 246 Å². The average molecular weight is 570 g/mol. The average Bonchev–Trinajstić information content (AvgIpc) is 3.91. The van der Waals surface area contributed by atoms with Gasteiger partial charge in [0.05, 0.1) is 5.69 Å². The fraction of sp³-hybridized carbons (Fsp3) is 0.647. The number of rotatable bonds is 9. The van der Waals surface area contributed by atoms with Gasteiger partial charge in [-0.3, -0.25) is 4.79 Å². The van der Waals surface area contributed by atoms with E-state index in [2.05, 4.69) is 52.1 Å². The van der Waals surface area contributed by atoms with Crippen molar-refractivity contribution < 1.29 is 13.7 Å². The second-order valence-electron chi connectivity index (χ2n) is 15.3. The van der Waals surface area contributed by atoms with Crippen LogP contribution in [-0.4, -0.2) is 37.8 Å². The molecule has 42 heavy (non-hydrogen) atoms. The highest BCUT2D eigenvalue weighted by atomic mass is 19.1. The molecule has 8 aliphatic rings. The van der Waals surface area contributed by atoms with E-state index in [0.717, 1.165) is 79.6 Å². The number of amides is 1. The standard InChI is InChI=1S/C34H40FN5O2/c1-39-17-26(36-29(39)23-7-8-23)24-3-2-4-25(15-24)40(27(41)16-32-18-34(35,19-32)20-32)21-31-9-12-33(13-10-31,14-11-31)30-37-28(38-42-30)22-5-6-22/h2-4,15,17,22-23H,5-14,16,18-21H2,1H3. The molecule has 0 aliphatic heterocycles. The lowest BCUT2D eigenvalue weighted by molar-refractivity contribution is -0.215. The molecule has 2 heterocycles. The van der Waals surface area contributed by atoms with Crippen LogP contribution in [-0.2, 0) is 17.3 Å². The second-order valence-corrected chi connectivity index (χ2v) is 15.3. The first-order chi connectivity index (χ1) is 20.2. The predicted molar refractivity (Wildman–Crippen MR) is 156 cm³/mol. The van der Waals surface area contributed by atoms with Crippen molar-refractivity contribution in [3.8, 4) is 11.3 Å². The molecule has 8 heteroatoms. The van der Waals surface area contributed by atoms with E-state index in [9.17, 15) is 9.18 Å². The number of aryl methyl sites for hydroxylation is 1. The van der Waals surface area contributed by atoms with Crippen molar-refractivity contribution in [3.05, 3.63) is 48.0 Å². The zero-order valence-corrected chi connectivity index (χ0v) is 24.6. The van der Waals surface area contributed by atoms with E-state index < -0.39 is 5.67 Å². The number of carbonyl (C=O) groups excluding carboxylic acids is 1. The van der Waals surface area contributed by atoms with Gasteiger partial charge in [-0.25, -0.2) is 9.37 Å². The Morgan fingerprint density at radius 1 is 1.00 bits per heavy atom. The van der Waals surface area contributed by atoms with Gasteiger partial charge in [0.2, 0.25) is 11.8 Å². The molecule has 0 spiro atoms. The normalized spacial score (nSPS) is 34.6. The Balaban J connectivity index is 0.986. The monoisotopic (exact) mass is 569 g/mol. The van der Waals surface area contributed by atoms with Gasteiger partial charge in [-0.2, -0.15) is 4.98 Å². The number of benzene rings is 1. The Morgan fingerprint density at radius 3 is 2.38 bits per heavy atom. The number of halogens is 1. The summed E-state index contributed by atoms with van der Waals surface area (Å²) in [5.74, 6) is 4.14. The van der Waals surface area contributed by atoms with Gasteiger partial charge in [0.1, 0.15) is 11.5 Å². The van der Waals surface area contributed by atoms with Crippen molar-refractivity contribution in [1.82, 2.24) is 19.7 Å². The maximum Gasteiger partial charge on any atom is 0.232 e. The van der Waals surface area contributed by atoms with Crippen molar-refractivity contribution in [3.63, 3.8) is 0 Å². The van der Waals surface area contributed by atoms with Crippen molar-refractivity contribution in [2.45, 2.75) is 113 Å². The highest BCUT2D eigenvalue weighted by Crippen LogP contribution is 2.71. The Bertz CT molecular complexity index is 1540. The molecule has 1 aromatic carbocycles. The second kappa shape index (κ2) is 8.54. The van der Waals surface area contributed by atoms with E-state index in [-0.39, 0.29) is 22.2 Å². The summed E-state index contributed by atoms with van der Waals surface area (Å²) in [5.41, 5.74) is 1.93. The third kappa shape index (κ3) is 4.03. The Kier molecular flexibility index (Phi) is 5.18. The summed E-state index contributed by atoms with van der Waals surface area (Å²) < 4.78 is 22.4. The van der Waals surface area contributed by atoms with Crippen LogP contribution in [0.25, 0.3) is 11.3 Å². The largest absolute Gasteiger partial charge is 0.339 e. The van der Waals surface area contributed by atoms with E-state index in [4.69, 9.17) is 14.5 Å². The Morgan fingerprint density at radius 2 is 1.71 bits per heavy atom. The molecule has 1 amide bonds. The number of hydrogen-bond acceptors (Lipinski definition) is 5. The lowest BCUT2D eigenvalue weighted by Gasteiger charge is -2.66. The molecule has 0 saturated heterocycles. The van der Waals surface area contributed by atoms with Gasteiger partial charge in [-0.05, 0) is 106 Å². The van der Waals surface area contributed by atoms with Gasteiger partial charge in [-0.15, -0.1) is 0 Å². The van der Waals surface area contributed by atoms with Crippen molar-refractivity contribution in [2.24, 2.45) is 17.9 Å². The number of nitrogens with zero attached hydrogens (tertiary/aromatic N) is 5. The summed E-state index contributed by atoms with van der Waals surface area (Å²) in [4.78, 5) is 26.1. The number of carbonyl (C=O) groups is 1. The van der Waals surface area contributed by atoms with Crippen molar-refractivity contribution in [2.75, 3.05) is 11.4 Å². The number of alkyl halides is 1. The van der Waals surface area contributed by atoms with Gasteiger partial charge < -0.3 is 14.0 Å². The molecule has 0 unspecified atom stereocenters. The summed E-state index contributed by atoms with van der Waals surface area (Å²) in [6.45, 7) is 0.717. The minimum atomic E-state index is -0.994. The summed E-state index contributed by atoms with van der Waals surface area (Å²) in [7, 11) is 2.08. The van der Waals surface area contributed by atoms with Crippen LogP contribution in [0.2, 0.25) is 0 Å². The van der Waals surface area contributed by atoms with Crippen LogP contribution >= 0.6 is 0 Å². The molecule has 8 aliphatic carbocycles. The molecule has 8 fully saturated rings. The van der Waals surface area contributed by atoms with E-state index in [1.165, 1.54) is 25.7 Å². The predicted octanol–water partition coefficient (Wildman–Crippen LogP) is 7.13. The van der Waals surface area contributed by atoms with E-state index in [0.29, 0.717) is 37.5 Å². The van der Waals surface area contributed by atoms with Gasteiger partial charge in [0.25, 0.3) is 0 Å². The first kappa shape index (κ1) is 25.5. The molecule has 3 aromatic rings. The van der Waals surface area contributed by atoms with Gasteiger partial charge >= 0.3 is 0 Å². The molecular weight excluding hydrogens is 529 g/mol.